The van der Waals surface area contributed by atoms with Crippen LogP contribution < -0.4 is 10.2 Å². The molecule has 1 fully saturated rings. The maximum Gasteiger partial charge on any atom is 0.225 e. The van der Waals surface area contributed by atoms with Crippen LogP contribution in [0.5, 0.6) is 0 Å². The molecule has 19 heavy (non-hydrogen) atoms. The van der Waals surface area contributed by atoms with Gasteiger partial charge in [-0.1, -0.05) is 12.8 Å². The lowest BCUT2D eigenvalue weighted by atomic mass is 10.2. The molecule has 1 aromatic rings. The molecule has 0 bridgehead atoms. The average molecular weight is 264 g/mol. The SMILES string of the molecule is COCCNCc1ccnc(N2CCCCCC2)n1. The first kappa shape index (κ1) is 14.2. The van der Waals surface area contributed by atoms with Gasteiger partial charge in [0.15, 0.2) is 0 Å². The van der Waals surface area contributed by atoms with Crippen molar-refractivity contribution in [2.45, 2.75) is 32.2 Å². The minimum absolute atomic E-state index is 0.726. The summed E-state index contributed by atoms with van der Waals surface area (Å²) in [6.07, 6.45) is 7.02. The molecular formula is C14H24N4O. The van der Waals surface area contributed by atoms with E-state index in [1.54, 1.807) is 7.11 Å². The first-order valence-corrected chi connectivity index (χ1v) is 7.16. The lowest BCUT2D eigenvalue weighted by Gasteiger charge is -2.20. The molecule has 1 aliphatic heterocycles. The minimum atomic E-state index is 0.726. The number of rotatable bonds is 6. The smallest absolute Gasteiger partial charge is 0.225 e. The fourth-order valence-corrected chi connectivity index (χ4v) is 2.30. The van der Waals surface area contributed by atoms with Gasteiger partial charge >= 0.3 is 0 Å². The van der Waals surface area contributed by atoms with Gasteiger partial charge in [-0.15, -0.1) is 0 Å². The number of anilines is 1. The van der Waals surface area contributed by atoms with Crippen molar-refractivity contribution in [2.24, 2.45) is 0 Å². The van der Waals surface area contributed by atoms with E-state index < -0.39 is 0 Å². The van der Waals surface area contributed by atoms with Crippen molar-refractivity contribution < 1.29 is 4.74 Å². The molecule has 5 nitrogen and oxygen atoms in total. The van der Waals surface area contributed by atoms with E-state index in [1.165, 1.54) is 25.7 Å². The quantitative estimate of drug-likeness (QED) is 0.791. The maximum atomic E-state index is 5.01. The van der Waals surface area contributed by atoms with E-state index in [4.69, 9.17) is 4.74 Å². The summed E-state index contributed by atoms with van der Waals surface area (Å²) in [7, 11) is 1.71. The number of methoxy groups -OCH3 is 1. The second-order valence-electron chi connectivity index (χ2n) is 4.92. The fourth-order valence-electron chi connectivity index (χ4n) is 2.30. The summed E-state index contributed by atoms with van der Waals surface area (Å²) >= 11 is 0. The Hall–Kier alpha value is -1.20. The highest BCUT2D eigenvalue weighted by molar-refractivity contribution is 5.30. The third-order valence-corrected chi connectivity index (χ3v) is 3.38. The summed E-state index contributed by atoms with van der Waals surface area (Å²) in [5, 5.41) is 3.31. The van der Waals surface area contributed by atoms with Crippen LogP contribution in [0.15, 0.2) is 12.3 Å². The first-order valence-electron chi connectivity index (χ1n) is 7.16. The molecule has 0 amide bonds. The third-order valence-electron chi connectivity index (χ3n) is 3.38. The van der Waals surface area contributed by atoms with Gasteiger partial charge < -0.3 is 15.0 Å². The lowest BCUT2D eigenvalue weighted by Crippen LogP contribution is -2.27. The van der Waals surface area contributed by atoms with Crippen LogP contribution in [0.1, 0.15) is 31.4 Å². The molecule has 0 unspecified atom stereocenters. The van der Waals surface area contributed by atoms with Crippen LogP contribution >= 0.6 is 0 Å². The van der Waals surface area contributed by atoms with Gasteiger partial charge in [-0.3, -0.25) is 0 Å². The van der Waals surface area contributed by atoms with Gasteiger partial charge in [0, 0.05) is 39.5 Å². The Morgan fingerprint density at radius 1 is 1.26 bits per heavy atom. The Morgan fingerprint density at radius 3 is 2.79 bits per heavy atom. The van der Waals surface area contributed by atoms with Crippen LogP contribution in [-0.4, -0.2) is 43.3 Å². The van der Waals surface area contributed by atoms with Crippen LogP contribution in [0.3, 0.4) is 0 Å². The Morgan fingerprint density at radius 2 is 2.05 bits per heavy atom. The second-order valence-corrected chi connectivity index (χ2v) is 4.92. The van der Waals surface area contributed by atoms with Crippen molar-refractivity contribution in [1.82, 2.24) is 15.3 Å². The van der Waals surface area contributed by atoms with E-state index in [0.717, 1.165) is 44.4 Å². The number of nitrogens with zero attached hydrogens (tertiary/aromatic N) is 3. The molecule has 1 saturated heterocycles. The van der Waals surface area contributed by atoms with Crippen molar-refractivity contribution in [1.29, 1.82) is 0 Å². The van der Waals surface area contributed by atoms with E-state index in [0.29, 0.717) is 0 Å². The molecule has 0 atom stereocenters. The highest BCUT2D eigenvalue weighted by Crippen LogP contribution is 2.15. The fraction of sp³-hybridized carbons (Fsp3) is 0.714. The van der Waals surface area contributed by atoms with Gasteiger partial charge in [0.1, 0.15) is 0 Å². The van der Waals surface area contributed by atoms with Crippen molar-refractivity contribution in [3.63, 3.8) is 0 Å². The molecule has 0 aliphatic carbocycles. The molecule has 1 N–H and O–H groups in total. The predicted octanol–water partition coefficient (Wildman–Crippen LogP) is 1.59. The zero-order chi connectivity index (χ0) is 13.3. The van der Waals surface area contributed by atoms with E-state index >= 15 is 0 Å². The molecule has 0 spiro atoms. The number of nitrogens with one attached hydrogen (secondary N) is 1. The van der Waals surface area contributed by atoms with E-state index in [2.05, 4.69) is 20.2 Å². The Balaban J connectivity index is 1.90. The van der Waals surface area contributed by atoms with Gasteiger partial charge in [-0.05, 0) is 18.9 Å². The summed E-state index contributed by atoms with van der Waals surface area (Å²) in [6, 6.07) is 1.97. The van der Waals surface area contributed by atoms with Crippen molar-refractivity contribution in [3.8, 4) is 0 Å². The molecule has 2 heterocycles. The van der Waals surface area contributed by atoms with Gasteiger partial charge in [0.25, 0.3) is 0 Å². The Labute approximate surface area is 115 Å². The predicted molar refractivity (Wildman–Crippen MR) is 76.3 cm³/mol. The summed E-state index contributed by atoms with van der Waals surface area (Å²) < 4.78 is 5.01. The maximum absolute atomic E-state index is 5.01. The van der Waals surface area contributed by atoms with E-state index in [9.17, 15) is 0 Å². The number of hydrogen-bond acceptors (Lipinski definition) is 5. The first-order chi connectivity index (χ1) is 9.40. The summed E-state index contributed by atoms with van der Waals surface area (Å²) in [5.41, 5.74) is 1.05. The Kier molecular flexibility index (Phi) is 6.04. The van der Waals surface area contributed by atoms with Gasteiger partial charge in [0.05, 0.1) is 12.3 Å². The van der Waals surface area contributed by atoms with Crippen molar-refractivity contribution >= 4 is 5.95 Å². The molecule has 5 heteroatoms. The summed E-state index contributed by atoms with van der Waals surface area (Å²) in [6.45, 7) is 4.51. The van der Waals surface area contributed by atoms with E-state index in [-0.39, 0.29) is 0 Å². The van der Waals surface area contributed by atoms with Crippen LogP contribution in [0.25, 0.3) is 0 Å². The molecule has 2 rings (SSSR count). The van der Waals surface area contributed by atoms with Crippen molar-refractivity contribution in [2.75, 3.05) is 38.3 Å². The normalized spacial score (nSPS) is 16.4. The highest BCUT2D eigenvalue weighted by Gasteiger charge is 2.12. The largest absolute Gasteiger partial charge is 0.383 e. The molecule has 0 saturated carbocycles. The zero-order valence-electron chi connectivity index (χ0n) is 11.8. The standard InChI is InChI=1S/C14H24N4O/c1-19-11-8-15-12-13-6-7-16-14(17-13)18-9-4-2-3-5-10-18/h6-7,15H,2-5,8-12H2,1H3. The van der Waals surface area contributed by atoms with Crippen LogP contribution in [0.4, 0.5) is 5.95 Å². The molecule has 0 aromatic carbocycles. The average Bonchev–Trinajstić information content (AvgIpc) is 2.73. The van der Waals surface area contributed by atoms with E-state index in [1.807, 2.05) is 12.3 Å². The van der Waals surface area contributed by atoms with Gasteiger partial charge in [-0.25, -0.2) is 9.97 Å². The third kappa shape index (κ3) is 4.76. The lowest BCUT2D eigenvalue weighted by molar-refractivity contribution is 0.199. The molecule has 1 aromatic heterocycles. The number of hydrogen-bond donors (Lipinski definition) is 1. The summed E-state index contributed by atoms with van der Waals surface area (Å²) in [4.78, 5) is 11.4. The van der Waals surface area contributed by atoms with Gasteiger partial charge in [-0.2, -0.15) is 0 Å². The number of aromatic nitrogens is 2. The molecule has 1 aliphatic rings. The topological polar surface area (TPSA) is 50.3 Å². The molecule has 0 radical (unpaired) electrons. The summed E-state index contributed by atoms with van der Waals surface area (Å²) in [5.74, 6) is 0.882. The Bertz CT molecular complexity index is 364. The monoisotopic (exact) mass is 264 g/mol. The molecular weight excluding hydrogens is 240 g/mol. The van der Waals surface area contributed by atoms with Crippen LogP contribution in [0, 0.1) is 0 Å². The van der Waals surface area contributed by atoms with Crippen LogP contribution in [-0.2, 0) is 11.3 Å². The minimum Gasteiger partial charge on any atom is -0.383 e. The second kappa shape index (κ2) is 8.07. The molecule has 106 valence electrons. The highest BCUT2D eigenvalue weighted by atomic mass is 16.5. The van der Waals surface area contributed by atoms with Gasteiger partial charge in [0.2, 0.25) is 5.95 Å². The van der Waals surface area contributed by atoms with Crippen LogP contribution in [0.2, 0.25) is 0 Å². The number of ether oxygens (including phenoxy) is 1. The van der Waals surface area contributed by atoms with Crippen molar-refractivity contribution in [3.05, 3.63) is 18.0 Å². The zero-order valence-corrected chi connectivity index (χ0v) is 11.8.